The van der Waals surface area contributed by atoms with Crippen LogP contribution in [0.5, 0.6) is 0 Å². The number of fused-ring (bicyclic) bond motifs is 1. The summed E-state index contributed by atoms with van der Waals surface area (Å²) in [6.07, 6.45) is 0.180. The smallest absolute Gasteiger partial charge is 0.335 e. The molecule has 0 saturated carbocycles. The monoisotopic (exact) mass is 438 g/mol. The summed E-state index contributed by atoms with van der Waals surface area (Å²) in [6, 6.07) is 13.0. The third kappa shape index (κ3) is 3.45. The van der Waals surface area contributed by atoms with Crippen LogP contribution in [0.4, 0.5) is 5.88 Å². The normalized spacial score (nSPS) is 16.8. The summed E-state index contributed by atoms with van der Waals surface area (Å²) in [5.74, 6) is -0.532. The lowest BCUT2D eigenvalue weighted by Crippen LogP contribution is -2.73. The Hall–Kier alpha value is -3.32. The van der Waals surface area contributed by atoms with Gasteiger partial charge in [-0.3, -0.25) is 9.59 Å². The highest BCUT2D eigenvalue weighted by atomic mass is 35.5. The van der Waals surface area contributed by atoms with Gasteiger partial charge in [-0.2, -0.15) is 0 Å². The van der Waals surface area contributed by atoms with E-state index in [-0.39, 0.29) is 28.7 Å². The molecule has 2 aliphatic rings. The van der Waals surface area contributed by atoms with Crippen LogP contribution in [0.2, 0.25) is 5.02 Å². The molecule has 1 aromatic heterocycles. The van der Waals surface area contributed by atoms with E-state index >= 15 is 0 Å². The molecule has 0 radical (unpaired) electrons. The Morgan fingerprint density at radius 1 is 1.06 bits per heavy atom. The van der Waals surface area contributed by atoms with Crippen LogP contribution in [0, 0.1) is 5.41 Å². The van der Waals surface area contributed by atoms with Gasteiger partial charge in [-0.1, -0.05) is 29.8 Å². The van der Waals surface area contributed by atoms with Crippen molar-refractivity contribution in [3.8, 4) is 0 Å². The molecule has 0 aliphatic carbocycles. The molecule has 1 N–H and O–H groups in total. The standard InChI is InChI=1S/C23H19ClN2O5/c24-17-6-2-5-16-18(27)9-20(31-21(16)17)26-12-23(13-26)10-25(11-23)19(28)8-14-3-1-4-15(7-14)22(29)30/h1-7,9H,8,10-13H2,(H,29,30). The summed E-state index contributed by atoms with van der Waals surface area (Å²) in [6.45, 7) is 2.67. The Labute approximate surface area is 182 Å². The van der Waals surface area contributed by atoms with Gasteiger partial charge in [0.1, 0.15) is 0 Å². The van der Waals surface area contributed by atoms with Gasteiger partial charge >= 0.3 is 5.97 Å². The van der Waals surface area contributed by atoms with Crippen molar-refractivity contribution in [3.63, 3.8) is 0 Å². The van der Waals surface area contributed by atoms with Crippen molar-refractivity contribution >= 4 is 40.3 Å². The molecule has 1 spiro atoms. The van der Waals surface area contributed by atoms with Crippen LogP contribution in [-0.2, 0) is 11.2 Å². The number of likely N-dealkylation sites (tertiary alicyclic amines) is 1. The van der Waals surface area contributed by atoms with E-state index < -0.39 is 5.97 Å². The number of anilines is 1. The summed E-state index contributed by atoms with van der Waals surface area (Å²) >= 11 is 6.18. The van der Waals surface area contributed by atoms with Crippen LogP contribution in [0.25, 0.3) is 11.0 Å². The summed E-state index contributed by atoms with van der Waals surface area (Å²) in [7, 11) is 0. The van der Waals surface area contributed by atoms with Gasteiger partial charge in [-0.25, -0.2) is 4.79 Å². The number of nitrogens with zero attached hydrogens (tertiary/aromatic N) is 2. The lowest BCUT2D eigenvalue weighted by atomic mass is 9.72. The van der Waals surface area contributed by atoms with Crippen LogP contribution in [-0.4, -0.2) is 48.1 Å². The summed E-state index contributed by atoms with van der Waals surface area (Å²) in [5, 5.41) is 9.95. The van der Waals surface area contributed by atoms with Crippen molar-refractivity contribution in [3.05, 3.63) is 74.9 Å². The molecule has 0 bridgehead atoms. The minimum Gasteiger partial charge on any atom is -0.478 e. The number of hydrogen-bond donors (Lipinski definition) is 1. The number of halogens is 1. The molecule has 8 heteroatoms. The molecular weight excluding hydrogens is 420 g/mol. The minimum atomic E-state index is -1.01. The van der Waals surface area contributed by atoms with Crippen molar-refractivity contribution in [1.29, 1.82) is 0 Å². The number of amides is 1. The first-order valence-corrected chi connectivity index (χ1v) is 10.3. The SMILES string of the molecule is O=C(O)c1cccc(CC(=O)N2CC3(C2)CN(c2cc(=O)c4cccc(Cl)c4o2)C3)c1. The van der Waals surface area contributed by atoms with Gasteiger partial charge in [0.05, 0.1) is 22.4 Å². The highest BCUT2D eigenvalue weighted by Crippen LogP contribution is 2.42. The summed E-state index contributed by atoms with van der Waals surface area (Å²) < 4.78 is 5.89. The van der Waals surface area contributed by atoms with Gasteiger partial charge in [0.25, 0.3) is 0 Å². The molecule has 2 aliphatic heterocycles. The average molecular weight is 439 g/mol. The van der Waals surface area contributed by atoms with E-state index in [1.807, 2.05) is 4.90 Å². The first-order chi connectivity index (χ1) is 14.8. The quantitative estimate of drug-likeness (QED) is 0.673. The van der Waals surface area contributed by atoms with Crippen molar-refractivity contribution < 1.29 is 19.1 Å². The van der Waals surface area contributed by atoms with Crippen LogP contribution >= 0.6 is 11.6 Å². The van der Waals surface area contributed by atoms with Gasteiger partial charge in [-0.05, 0) is 29.8 Å². The van der Waals surface area contributed by atoms with E-state index in [0.29, 0.717) is 53.6 Å². The number of carboxylic acids is 1. The second-order valence-electron chi connectivity index (χ2n) is 8.35. The number of para-hydroxylation sites is 1. The maximum Gasteiger partial charge on any atom is 0.335 e. The fourth-order valence-electron chi connectivity index (χ4n) is 4.45. The average Bonchev–Trinajstić information content (AvgIpc) is 2.67. The van der Waals surface area contributed by atoms with Crippen LogP contribution in [0.1, 0.15) is 15.9 Å². The molecule has 0 atom stereocenters. The zero-order valence-electron chi connectivity index (χ0n) is 16.5. The summed E-state index contributed by atoms with van der Waals surface area (Å²) in [4.78, 5) is 39.8. The minimum absolute atomic E-state index is 0.00653. The molecule has 7 nitrogen and oxygen atoms in total. The zero-order chi connectivity index (χ0) is 21.8. The number of rotatable bonds is 4. The van der Waals surface area contributed by atoms with E-state index in [1.54, 1.807) is 35.2 Å². The van der Waals surface area contributed by atoms with Crippen LogP contribution in [0.3, 0.4) is 0 Å². The Morgan fingerprint density at radius 3 is 2.55 bits per heavy atom. The van der Waals surface area contributed by atoms with E-state index in [2.05, 4.69) is 0 Å². The highest BCUT2D eigenvalue weighted by Gasteiger charge is 2.53. The van der Waals surface area contributed by atoms with Crippen molar-refractivity contribution in [2.75, 3.05) is 31.1 Å². The number of carbonyl (C=O) groups excluding carboxylic acids is 1. The van der Waals surface area contributed by atoms with Crippen molar-refractivity contribution in [2.24, 2.45) is 5.41 Å². The third-order valence-corrected chi connectivity index (χ3v) is 6.29. The third-order valence-electron chi connectivity index (χ3n) is 5.99. The maximum absolute atomic E-state index is 12.6. The molecule has 3 heterocycles. The van der Waals surface area contributed by atoms with Gasteiger partial charge in [0, 0.05) is 37.7 Å². The van der Waals surface area contributed by atoms with Gasteiger partial charge in [0.2, 0.25) is 5.91 Å². The fourth-order valence-corrected chi connectivity index (χ4v) is 4.66. The first kappa shape index (κ1) is 19.6. The fraction of sp³-hybridized carbons (Fsp3) is 0.261. The number of carbonyl (C=O) groups is 2. The molecule has 158 valence electrons. The first-order valence-electron chi connectivity index (χ1n) is 9.91. The Bertz CT molecular complexity index is 1270. The highest BCUT2D eigenvalue weighted by molar-refractivity contribution is 6.34. The summed E-state index contributed by atoms with van der Waals surface area (Å²) in [5.41, 5.74) is 1.13. The number of hydrogen-bond acceptors (Lipinski definition) is 5. The van der Waals surface area contributed by atoms with Crippen LogP contribution < -0.4 is 10.3 Å². The number of benzene rings is 2. The van der Waals surface area contributed by atoms with Crippen molar-refractivity contribution in [1.82, 2.24) is 4.90 Å². The Kier molecular flexibility index (Phi) is 4.51. The molecule has 2 aromatic carbocycles. The zero-order valence-corrected chi connectivity index (χ0v) is 17.3. The molecule has 0 unspecified atom stereocenters. The maximum atomic E-state index is 12.6. The van der Waals surface area contributed by atoms with Gasteiger partial charge in [0.15, 0.2) is 16.9 Å². The van der Waals surface area contributed by atoms with E-state index in [4.69, 9.17) is 21.1 Å². The molecular formula is C23H19ClN2O5. The second-order valence-corrected chi connectivity index (χ2v) is 8.76. The molecule has 31 heavy (non-hydrogen) atoms. The molecule has 1 amide bonds. The Morgan fingerprint density at radius 2 is 1.81 bits per heavy atom. The number of carboxylic acid groups (broad SMARTS) is 1. The van der Waals surface area contributed by atoms with Gasteiger partial charge < -0.3 is 19.3 Å². The molecule has 2 saturated heterocycles. The number of aromatic carboxylic acids is 1. The van der Waals surface area contributed by atoms with Gasteiger partial charge in [-0.15, -0.1) is 0 Å². The molecule has 3 aromatic rings. The van der Waals surface area contributed by atoms with E-state index in [0.717, 1.165) is 0 Å². The second kappa shape index (κ2) is 7.13. The Balaban J connectivity index is 1.22. The van der Waals surface area contributed by atoms with E-state index in [1.165, 1.54) is 18.2 Å². The van der Waals surface area contributed by atoms with E-state index in [9.17, 15) is 14.4 Å². The predicted molar refractivity (Wildman–Crippen MR) is 116 cm³/mol. The predicted octanol–water partition coefficient (Wildman–Crippen LogP) is 3.04. The van der Waals surface area contributed by atoms with Crippen LogP contribution in [0.15, 0.2) is 57.7 Å². The molecule has 5 rings (SSSR count). The lowest BCUT2D eigenvalue weighted by Gasteiger charge is -2.60. The largest absolute Gasteiger partial charge is 0.478 e. The molecule has 2 fully saturated rings. The lowest BCUT2D eigenvalue weighted by molar-refractivity contribution is -0.144. The topological polar surface area (TPSA) is 91.1 Å². The van der Waals surface area contributed by atoms with Crippen molar-refractivity contribution in [2.45, 2.75) is 6.42 Å².